The second-order valence-corrected chi connectivity index (χ2v) is 2.90. The zero-order valence-corrected chi connectivity index (χ0v) is 7.61. The van der Waals surface area contributed by atoms with E-state index in [0.29, 0.717) is 0 Å². The lowest BCUT2D eigenvalue weighted by atomic mass is 10.2. The molecule has 0 aromatic carbocycles. The normalized spacial score (nSPS) is 12.3. The van der Waals surface area contributed by atoms with Crippen LogP contribution in [0.4, 0.5) is 5.82 Å². The lowest BCUT2D eigenvalue weighted by molar-refractivity contribution is -0.389. The van der Waals surface area contributed by atoms with E-state index in [4.69, 9.17) is 5.11 Å². The molecule has 1 atom stereocenters. The Labute approximate surface area is 83.9 Å². The number of hydrogen-bond donors (Lipinski definition) is 2. The quantitative estimate of drug-likeness (QED) is 0.510. The Morgan fingerprint density at radius 2 is 2.40 bits per heavy atom. The van der Waals surface area contributed by atoms with Gasteiger partial charge in [0.15, 0.2) is 0 Å². The molecule has 0 saturated carbocycles. The summed E-state index contributed by atoms with van der Waals surface area (Å²) < 4.78 is 1.13. The maximum atomic E-state index is 10.3. The fourth-order valence-electron chi connectivity index (χ4n) is 1.03. The van der Waals surface area contributed by atoms with Gasteiger partial charge in [-0.2, -0.15) is 4.68 Å². The van der Waals surface area contributed by atoms with Crippen LogP contribution in [0.1, 0.15) is 6.42 Å². The molecule has 0 aliphatic carbocycles. The van der Waals surface area contributed by atoms with Gasteiger partial charge in [0.1, 0.15) is 0 Å². The molecule has 0 fully saturated rings. The summed E-state index contributed by atoms with van der Waals surface area (Å²) in [7, 11) is 0. The molecule has 8 nitrogen and oxygen atoms in total. The molecule has 1 heterocycles. The first-order valence-corrected chi connectivity index (χ1v) is 4.06. The van der Waals surface area contributed by atoms with Gasteiger partial charge >= 0.3 is 11.8 Å². The van der Waals surface area contributed by atoms with Crippen LogP contribution < -0.4 is 0 Å². The van der Waals surface area contributed by atoms with E-state index in [1.165, 1.54) is 12.3 Å². The molecule has 0 radical (unpaired) electrons. The van der Waals surface area contributed by atoms with E-state index in [1.807, 2.05) is 0 Å². The van der Waals surface area contributed by atoms with Gasteiger partial charge in [0.05, 0.1) is 36.4 Å². The average molecular weight is 215 g/mol. The van der Waals surface area contributed by atoms with Crippen LogP contribution in [0.3, 0.4) is 0 Å². The molecule has 2 N–H and O–H groups in total. The van der Waals surface area contributed by atoms with E-state index in [-0.39, 0.29) is 12.4 Å². The van der Waals surface area contributed by atoms with Gasteiger partial charge in [-0.25, -0.2) is 0 Å². The van der Waals surface area contributed by atoms with E-state index in [9.17, 15) is 20.0 Å². The van der Waals surface area contributed by atoms with Crippen LogP contribution in [0.15, 0.2) is 12.3 Å². The van der Waals surface area contributed by atoms with Crippen molar-refractivity contribution in [3.63, 3.8) is 0 Å². The van der Waals surface area contributed by atoms with Crippen LogP contribution in [0.2, 0.25) is 0 Å². The summed E-state index contributed by atoms with van der Waals surface area (Å²) in [5, 5.41) is 31.3. The number of carbonyl (C=O) groups is 1. The van der Waals surface area contributed by atoms with Gasteiger partial charge in [0, 0.05) is 0 Å². The summed E-state index contributed by atoms with van der Waals surface area (Å²) in [5.41, 5.74) is 0. The van der Waals surface area contributed by atoms with Crippen molar-refractivity contribution in [3.8, 4) is 0 Å². The highest BCUT2D eigenvalue weighted by Crippen LogP contribution is 2.06. The van der Waals surface area contributed by atoms with Crippen molar-refractivity contribution >= 4 is 11.8 Å². The van der Waals surface area contributed by atoms with Gasteiger partial charge in [-0.05, 0) is 4.92 Å². The van der Waals surface area contributed by atoms with Gasteiger partial charge in [0.25, 0.3) is 0 Å². The van der Waals surface area contributed by atoms with Gasteiger partial charge in [0.2, 0.25) is 0 Å². The minimum absolute atomic E-state index is 0.0832. The van der Waals surface area contributed by atoms with Gasteiger partial charge in [-0.1, -0.05) is 0 Å². The predicted molar refractivity (Wildman–Crippen MR) is 47.1 cm³/mol. The molecule has 1 unspecified atom stereocenters. The fraction of sp³-hybridized carbons (Fsp3) is 0.429. The Kier molecular flexibility index (Phi) is 3.34. The second-order valence-electron chi connectivity index (χ2n) is 2.90. The van der Waals surface area contributed by atoms with E-state index in [0.717, 1.165) is 4.68 Å². The maximum absolute atomic E-state index is 10.3. The third-order valence-electron chi connectivity index (χ3n) is 1.62. The van der Waals surface area contributed by atoms with Gasteiger partial charge in [-0.3, -0.25) is 4.79 Å². The molecule has 0 aliphatic rings. The average Bonchev–Trinajstić information content (AvgIpc) is 2.50. The number of nitro groups is 1. The van der Waals surface area contributed by atoms with Gasteiger partial charge in [-0.15, -0.1) is 0 Å². The predicted octanol–water partition coefficient (Wildman–Crippen LogP) is -0.373. The highest BCUT2D eigenvalue weighted by Gasteiger charge is 2.15. The van der Waals surface area contributed by atoms with Crippen molar-refractivity contribution in [1.82, 2.24) is 9.78 Å². The van der Waals surface area contributed by atoms with Crippen molar-refractivity contribution in [1.29, 1.82) is 0 Å². The highest BCUT2D eigenvalue weighted by atomic mass is 16.6. The Bertz CT molecular complexity index is 374. The van der Waals surface area contributed by atoms with E-state index in [2.05, 4.69) is 5.10 Å². The summed E-state index contributed by atoms with van der Waals surface area (Å²) in [5.74, 6) is -1.47. The molecule has 82 valence electrons. The fourth-order valence-corrected chi connectivity index (χ4v) is 1.03. The van der Waals surface area contributed by atoms with E-state index >= 15 is 0 Å². The van der Waals surface area contributed by atoms with E-state index < -0.39 is 23.4 Å². The number of nitrogens with zero attached hydrogens (tertiary/aromatic N) is 3. The molecule has 0 aliphatic heterocycles. The SMILES string of the molecule is O=C(O)CC(O)Cn1ccc([N+](=O)[O-])n1. The third-order valence-corrected chi connectivity index (χ3v) is 1.62. The lowest BCUT2D eigenvalue weighted by Gasteiger charge is -2.04. The molecule has 0 spiro atoms. The van der Waals surface area contributed by atoms with Crippen LogP contribution in [-0.4, -0.2) is 37.0 Å². The van der Waals surface area contributed by atoms with Gasteiger partial charge < -0.3 is 20.3 Å². The molecule has 1 aromatic rings. The lowest BCUT2D eigenvalue weighted by Crippen LogP contribution is -2.20. The van der Waals surface area contributed by atoms with Crippen molar-refractivity contribution in [2.75, 3.05) is 0 Å². The Hall–Kier alpha value is -1.96. The van der Waals surface area contributed by atoms with Crippen molar-refractivity contribution in [2.45, 2.75) is 19.1 Å². The Balaban J connectivity index is 2.57. The summed E-state index contributed by atoms with van der Waals surface area (Å²) in [6.45, 7) is -0.0832. The highest BCUT2D eigenvalue weighted by molar-refractivity contribution is 5.67. The largest absolute Gasteiger partial charge is 0.481 e. The number of aliphatic hydroxyl groups excluding tert-OH is 1. The molecule has 0 amide bonds. The topological polar surface area (TPSA) is 118 Å². The minimum atomic E-state index is -1.14. The molecule has 1 aromatic heterocycles. The zero-order chi connectivity index (χ0) is 11.4. The molecule has 0 saturated heterocycles. The number of aliphatic hydroxyl groups is 1. The molecule has 1 rings (SSSR count). The number of carboxylic acid groups (broad SMARTS) is 1. The Morgan fingerprint density at radius 1 is 1.73 bits per heavy atom. The van der Waals surface area contributed by atoms with Crippen molar-refractivity contribution in [3.05, 3.63) is 22.4 Å². The van der Waals surface area contributed by atoms with Crippen LogP contribution in [0, 0.1) is 10.1 Å². The smallest absolute Gasteiger partial charge is 0.389 e. The third kappa shape index (κ3) is 3.35. The van der Waals surface area contributed by atoms with E-state index in [1.54, 1.807) is 0 Å². The van der Waals surface area contributed by atoms with Crippen LogP contribution in [-0.2, 0) is 11.3 Å². The summed E-state index contributed by atoms with van der Waals surface area (Å²) in [4.78, 5) is 19.8. The van der Waals surface area contributed by atoms with Crippen molar-refractivity contribution < 1.29 is 19.9 Å². The molecule has 0 bridgehead atoms. The standard InChI is InChI=1S/C7H9N3O5/c11-5(3-7(12)13)4-9-2-1-6(8-9)10(14)15/h1-2,5,11H,3-4H2,(H,12,13). The second kappa shape index (κ2) is 4.51. The molecule has 8 heteroatoms. The first-order valence-electron chi connectivity index (χ1n) is 4.06. The number of aromatic nitrogens is 2. The summed E-state index contributed by atoms with van der Waals surface area (Å²) in [6, 6.07) is 1.17. The summed E-state index contributed by atoms with van der Waals surface area (Å²) in [6.07, 6.45) is -0.223. The number of aliphatic carboxylic acids is 1. The van der Waals surface area contributed by atoms with Crippen LogP contribution in [0.25, 0.3) is 0 Å². The zero-order valence-electron chi connectivity index (χ0n) is 7.61. The Morgan fingerprint density at radius 3 is 2.87 bits per heavy atom. The first-order chi connectivity index (χ1) is 6.99. The number of hydrogen-bond acceptors (Lipinski definition) is 5. The number of carboxylic acids is 1. The monoisotopic (exact) mass is 215 g/mol. The van der Waals surface area contributed by atoms with Crippen molar-refractivity contribution in [2.24, 2.45) is 0 Å². The minimum Gasteiger partial charge on any atom is -0.481 e. The molecular weight excluding hydrogens is 206 g/mol. The summed E-state index contributed by atoms with van der Waals surface area (Å²) >= 11 is 0. The molecular formula is C7H9N3O5. The van der Waals surface area contributed by atoms with Crippen LogP contribution in [0.5, 0.6) is 0 Å². The molecule has 15 heavy (non-hydrogen) atoms. The maximum Gasteiger partial charge on any atom is 0.389 e. The number of rotatable bonds is 5. The first kappa shape index (κ1) is 11.1. The van der Waals surface area contributed by atoms with Crippen LogP contribution >= 0.6 is 0 Å².